The molecule has 2 amide bonds. The van der Waals surface area contributed by atoms with Crippen LogP contribution in [0.1, 0.15) is 29.8 Å². The molecule has 158 valence electrons. The van der Waals surface area contributed by atoms with Gasteiger partial charge < -0.3 is 15.2 Å². The van der Waals surface area contributed by atoms with E-state index in [0.717, 1.165) is 0 Å². The van der Waals surface area contributed by atoms with Gasteiger partial charge in [-0.1, -0.05) is 25.4 Å². The van der Waals surface area contributed by atoms with Gasteiger partial charge in [0.15, 0.2) is 6.61 Å². The first kappa shape index (κ1) is 22.9. The number of aliphatic carboxylic acids is 1. The van der Waals surface area contributed by atoms with Gasteiger partial charge in [-0.25, -0.2) is 10.2 Å². The number of nitrogens with one attached hydrogen (secondary N) is 2. The fourth-order valence-electron chi connectivity index (χ4n) is 2.40. The Labute approximate surface area is 178 Å². The molecule has 2 rings (SSSR count). The molecule has 8 nitrogen and oxygen atoms in total. The maximum atomic E-state index is 12.5. The summed E-state index contributed by atoms with van der Waals surface area (Å²) in [4.78, 5) is 35.3. The fourth-order valence-corrected chi connectivity index (χ4v) is 2.52. The summed E-state index contributed by atoms with van der Waals surface area (Å²) < 4.78 is 5.04. The summed E-state index contributed by atoms with van der Waals surface area (Å²) in [7, 11) is 0. The van der Waals surface area contributed by atoms with E-state index < -0.39 is 24.5 Å². The molecule has 2 aromatic rings. The van der Waals surface area contributed by atoms with Gasteiger partial charge in [0.05, 0.1) is 6.21 Å². The molecule has 9 heteroatoms. The van der Waals surface area contributed by atoms with E-state index in [9.17, 15) is 14.4 Å². The van der Waals surface area contributed by atoms with E-state index in [4.69, 9.17) is 21.4 Å². The Bertz CT molecular complexity index is 911. The Hall–Kier alpha value is -3.39. The number of benzene rings is 2. The molecule has 0 heterocycles. The van der Waals surface area contributed by atoms with Gasteiger partial charge in [-0.2, -0.15) is 5.10 Å². The first-order chi connectivity index (χ1) is 14.3. The molecule has 0 spiro atoms. The van der Waals surface area contributed by atoms with Crippen molar-refractivity contribution in [1.29, 1.82) is 0 Å². The molecule has 0 fully saturated rings. The number of nitrogens with zero attached hydrogens (tertiary/aromatic N) is 1. The van der Waals surface area contributed by atoms with Crippen molar-refractivity contribution in [3.8, 4) is 5.75 Å². The maximum absolute atomic E-state index is 12.5. The lowest BCUT2D eigenvalue weighted by atomic mass is 10.0. The van der Waals surface area contributed by atoms with Crippen LogP contribution in [-0.2, 0) is 9.59 Å². The SMILES string of the molecule is CC(C)C(NC(=O)c1ccc(Cl)cc1)C(=O)NN=Cc1ccc(OCC(=O)O)cc1. The first-order valence-corrected chi connectivity index (χ1v) is 9.48. The number of carboxylic acid groups (broad SMARTS) is 1. The Morgan fingerprint density at radius 3 is 2.30 bits per heavy atom. The van der Waals surface area contributed by atoms with Crippen LogP contribution in [0, 0.1) is 5.92 Å². The highest BCUT2D eigenvalue weighted by atomic mass is 35.5. The zero-order valence-corrected chi connectivity index (χ0v) is 17.2. The van der Waals surface area contributed by atoms with Crippen molar-refractivity contribution in [3.63, 3.8) is 0 Å². The molecule has 0 aliphatic rings. The normalized spacial score (nSPS) is 11.9. The Kier molecular flexibility index (Phi) is 8.37. The van der Waals surface area contributed by atoms with Gasteiger partial charge in [0.25, 0.3) is 11.8 Å². The summed E-state index contributed by atoms with van der Waals surface area (Å²) in [6.07, 6.45) is 1.43. The second-order valence-electron chi connectivity index (χ2n) is 6.69. The van der Waals surface area contributed by atoms with E-state index in [2.05, 4.69) is 15.8 Å². The lowest BCUT2D eigenvalue weighted by Gasteiger charge is -2.20. The van der Waals surface area contributed by atoms with E-state index in [0.29, 0.717) is 21.9 Å². The quantitative estimate of drug-likeness (QED) is 0.417. The predicted octanol–water partition coefficient (Wildman–Crippen LogP) is 2.71. The minimum atomic E-state index is -1.06. The highest BCUT2D eigenvalue weighted by Crippen LogP contribution is 2.12. The highest BCUT2D eigenvalue weighted by molar-refractivity contribution is 6.30. The minimum absolute atomic E-state index is 0.165. The molecule has 3 N–H and O–H groups in total. The Morgan fingerprint density at radius 1 is 1.10 bits per heavy atom. The Morgan fingerprint density at radius 2 is 1.73 bits per heavy atom. The molecule has 0 aliphatic heterocycles. The fraction of sp³-hybridized carbons (Fsp3) is 0.238. The number of hydrogen-bond acceptors (Lipinski definition) is 5. The second-order valence-corrected chi connectivity index (χ2v) is 7.12. The summed E-state index contributed by atoms with van der Waals surface area (Å²) in [5.74, 6) is -1.66. The third-order valence-corrected chi connectivity index (χ3v) is 4.22. The van der Waals surface area contributed by atoms with E-state index in [1.165, 1.54) is 6.21 Å². The van der Waals surface area contributed by atoms with E-state index >= 15 is 0 Å². The molecule has 0 radical (unpaired) electrons. The molecule has 0 aromatic heterocycles. The van der Waals surface area contributed by atoms with Gasteiger partial charge in [0, 0.05) is 10.6 Å². The molecule has 2 aromatic carbocycles. The van der Waals surface area contributed by atoms with Crippen molar-refractivity contribution in [2.24, 2.45) is 11.0 Å². The molecule has 1 atom stereocenters. The van der Waals surface area contributed by atoms with Crippen molar-refractivity contribution in [2.75, 3.05) is 6.61 Å². The van der Waals surface area contributed by atoms with Gasteiger partial charge in [-0.05, 0) is 60.0 Å². The van der Waals surface area contributed by atoms with Crippen LogP contribution in [0.2, 0.25) is 5.02 Å². The van der Waals surface area contributed by atoms with E-state index in [1.54, 1.807) is 48.5 Å². The van der Waals surface area contributed by atoms with Gasteiger partial charge >= 0.3 is 5.97 Å². The number of carboxylic acids is 1. The number of ether oxygens (including phenoxy) is 1. The molecule has 1 unspecified atom stereocenters. The van der Waals surface area contributed by atoms with Crippen LogP contribution in [0.3, 0.4) is 0 Å². The molecule has 0 saturated heterocycles. The number of hydrogen-bond donors (Lipinski definition) is 3. The molecule has 0 aliphatic carbocycles. The smallest absolute Gasteiger partial charge is 0.341 e. The zero-order chi connectivity index (χ0) is 22.1. The topological polar surface area (TPSA) is 117 Å². The minimum Gasteiger partial charge on any atom is -0.482 e. The van der Waals surface area contributed by atoms with Crippen LogP contribution in [0.5, 0.6) is 5.75 Å². The van der Waals surface area contributed by atoms with Crippen LogP contribution in [-0.4, -0.2) is 41.8 Å². The van der Waals surface area contributed by atoms with Crippen molar-refractivity contribution >= 4 is 35.6 Å². The van der Waals surface area contributed by atoms with Crippen LogP contribution in [0.4, 0.5) is 0 Å². The van der Waals surface area contributed by atoms with Gasteiger partial charge in [0.1, 0.15) is 11.8 Å². The van der Waals surface area contributed by atoms with Crippen molar-refractivity contribution in [1.82, 2.24) is 10.7 Å². The first-order valence-electron chi connectivity index (χ1n) is 9.10. The lowest BCUT2D eigenvalue weighted by molar-refractivity contribution is -0.139. The monoisotopic (exact) mass is 431 g/mol. The number of carbonyl (C=O) groups is 3. The van der Waals surface area contributed by atoms with E-state index in [1.807, 2.05) is 13.8 Å². The molecule has 0 bridgehead atoms. The van der Waals surface area contributed by atoms with Crippen molar-refractivity contribution in [2.45, 2.75) is 19.9 Å². The van der Waals surface area contributed by atoms with Crippen molar-refractivity contribution < 1.29 is 24.2 Å². The van der Waals surface area contributed by atoms with Crippen LogP contribution >= 0.6 is 11.6 Å². The molecule has 0 saturated carbocycles. The number of amides is 2. The van der Waals surface area contributed by atoms with Crippen LogP contribution in [0.25, 0.3) is 0 Å². The summed E-state index contributed by atoms with van der Waals surface area (Å²) in [5, 5.41) is 15.7. The number of hydrazone groups is 1. The van der Waals surface area contributed by atoms with Crippen LogP contribution < -0.4 is 15.5 Å². The lowest BCUT2D eigenvalue weighted by Crippen LogP contribution is -2.48. The van der Waals surface area contributed by atoms with Gasteiger partial charge in [-0.15, -0.1) is 0 Å². The number of carbonyl (C=O) groups excluding carboxylic acids is 2. The largest absolute Gasteiger partial charge is 0.482 e. The number of rotatable bonds is 9. The number of halogens is 1. The third-order valence-electron chi connectivity index (χ3n) is 3.97. The average Bonchev–Trinajstić information content (AvgIpc) is 2.71. The highest BCUT2D eigenvalue weighted by Gasteiger charge is 2.24. The standard InChI is InChI=1S/C21H22ClN3O5/c1-13(2)19(24-20(28)15-5-7-16(22)8-6-15)21(29)25-23-11-14-3-9-17(10-4-14)30-12-18(26)27/h3-11,13,19H,12H2,1-2H3,(H,24,28)(H,25,29)(H,26,27). The van der Waals surface area contributed by atoms with E-state index in [-0.39, 0.29) is 11.8 Å². The van der Waals surface area contributed by atoms with Gasteiger partial charge in [-0.3, -0.25) is 9.59 Å². The Balaban J connectivity index is 1.93. The summed E-state index contributed by atoms with van der Waals surface area (Å²) in [5.41, 5.74) is 3.48. The summed E-state index contributed by atoms with van der Waals surface area (Å²) in [6.45, 7) is 3.19. The summed E-state index contributed by atoms with van der Waals surface area (Å²) in [6, 6.07) is 12.1. The summed E-state index contributed by atoms with van der Waals surface area (Å²) >= 11 is 5.83. The predicted molar refractivity (Wildman–Crippen MR) is 113 cm³/mol. The average molecular weight is 432 g/mol. The molecule has 30 heavy (non-hydrogen) atoms. The second kappa shape index (κ2) is 11.0. The maximum Gasteiger partial charge on any atom is 0.341 e. The zero-order valence-electron chi connectivity index (χ0n) is 16.5. The third kappa shape index (κ3) is 7.21. The molecular formula is C21H22ClN3O5. The van der Waals surface area contributed by atoms with Crippen LogP contribution in [0.15, 0.2) is 53.6 Å². The van der Waals surface area contributed by atoms with Crippen molar-refractivity contribution in [3.05, 3.63) is 64.7 Å². The van der Waals surface area contributed by atoms with Gasteiger partial charge in [0.2, 0.25) is 0 Å². The molecular weight excluding hydrogens is 410 g/mol.